The number of rotatable bonds is 6. The average molecular weight is 389 g/mol. The zero-order valence-corrected chi connectivity index (χ0v) is 15.7. The molecule has 0 unspecified atom stereocenters. The van der Waals surface area contributed by atoms with Crippen LogP contribution in [0.1, 0.15) is 39.2 Å². The quantitative estimate of drug-likeness (QED) is 0.484. The summed E-state index contributed by atoms with van der Waals surface area (Å²) in [6.07, 6.45) is 0. The van der Waals surface area contributed by atoms with Gasteiger partial charge in [-0.3, -0.25) is 19.7 Å². The lowest BCUT2D eigenvalue weighted by Gasteiger charge is -2.14. The van der Waals surface area contributed by atoms with Crippen molar-refractivity contribution in [2.24, 2.45) is 0 Å². The number of carbonyl (C=O) groups excluding carboxylic acids is 2. The highest BCUT2D eigenvalue weighted by atomic mass is 16.6. The molecule has 0 saturated heterocycles. The molecule has 29 heavy (non-hydrogen) atoms. The molecule has 0 bridgehead atoms. The van der Waals surface area contributed by atoms with E-state index in [2.05, 4.69) is 10.6 Å². The molecule has 0 fully saturated rings. The maximum Gasteiger partial charge on any atom is 0.270 e. The molecule has 3 rings (SSSR count). The van der Waals surface area contributed by atoms with E-state index in [1.807, 2.05) is 37.3 Å². The maximum absolute atomic E-state index is 12.4. The predicted molar refractivity (Wildman–Crippen MR) is 110 cm³/mol. The summed E-state index contributed by atoms with van der Waals surface area (Å²) in [5.74, 6) is -0.693. The number of nitro groups is 1. The molecule has 0 spiro atoms. The molecule has 3 aromatic rings. The van der Waals surface area contributed by atoms with Crippen LogP contribution in [-0.2, 0) is 0 Å². The van der Waals surface area contributed by atoms with Crippen LogP contribution >= 0.6 is 0 Å². The van der Waals surface area contributed by atoms with Gasteiger partial charge in [-0.2, -0.15) is 0 Å². The molecular formula is C22H19N3O4. The van der Waals surface area contributed by atoms with Gasteiger partial charge in [0.05, 0.1) is 11.0 Å². The number of nitrogens with zero attached hydrogens (tertiary/aromatic N) is 1. The highest BCUT2D eigenvalue weighted by Crippen LogP contribution is 2.17. The van der Waals surface area contributed by atoms with Gasteiger partial charge >= 0.3 is 0 Å². The van der Waals surface area contributed by atoms with Gasteiger partial charge in [-0.15, -0.1) is 0 Å². The van der Waals surface area contributed by atoms with E-state index in [1.54, 1.807) is 24.3 Å². The zero-order chi connectivity index (χ0) is 20.8. The first kappa shape index (κ1) is 19.8. The fraction of sp³-hybridized carbons (Fsp3) is 0.0909. The Morgan fingerprint density at radius 1 is 0.862 bits per heavy atom. The molecule has 7 nitrogen and oxygen atoms in total. The molecule has 0 aliphatic heterocycles. The summed E-state index contributed by atoms with van der Waals surface area (Å²) in [6, 6.07) is 21.4. The number of nitro benzene ring substituents is 1. The minimum Gasteiger partial charge on any atom is -0.346 e. The highest BCUT2D eigenvalue weighted by Gasteiger charge is 2.13. The molecule has 0 aliphatic carbocycles. The lowest BCUT2D eigenvalue weighted by atomic mass is 10.1. The van der Waals surface area contributed by atoms with Crippen LogP contribution in [0.3, 0.4) is 0 Å². The van der Waals surface area contributed by atoms with E-state index in [0.29, 0.717) is 11.3 Å². The van der Waals surface area contributed by atoms with Gasteiger partial charge in [0.2, 0.25) is 0 Å². The van der Waals surface area contributed by atoms with Crippen molar-refractivity contribution in [2.75, 3.05) is 5.32 Å². The number of amides is 2. The van der Waals surface area contributed by atoms with Crippen LogP contribution < -0.4 is 10.6 Å². The van der Waals surface area contributed by atoms with Crippen molar-refractivity contribution in [3.8, 4) is 0 Å². The standard InChI is InChI=1S/C22H19N3O4/c1-15(16-6-3-2-4-7-16)23-21(26)17-10-12-19(13-11-17)24-22(27)18-8-5-9-20(14-18)25(28)29/h2-15H,1H3,(H,23,26)(H,24,27)/t15-/m1/s1. The molecular weight excluding hydrogens is 370 g/mol. The number of benzene rings is 3. The first-order chi connectivity index (χ1) is 13.9. The minimum atomic E-state index is -0.555. The molecule has 7 heteroatoms. The molecule has 146 valence electrons. The van der Waals surface area contributed by atoms with E-state index in [0.717, 1.165) is 5.56 Å². The van der Waals surface area contributed by atoms with Crippen molar-refractivity contribution < 1.29 is 14.5 Å². The number of nitrogens with one attached hydrogen (secondary N) is 2. The fourth-order valence-corrected chi connectivity index (χ4v) is 2.77. The van der Waals surface area contributed by atoms with E-state index in [4.69, 9.17) is 0 Å². The number of hydrogen-bond donors (Lipinski definition) is 2. The molecule has 2 amide bonds. The summed E-state index contributed by atoms with van der Waals surface area (Å²) >= 11 is 0. The zero-order valence-electron chi connectivity index (χ0n) is 15.7. The van der Waals surface area contributed by atoms with Crippen LogP contribution in [0.5, 0.6) is 0 Å². The summed E-state index contributed by atoms with van der Waals surface area (Å²) < 4.78 is 0. The van der Waals surface area contributed by atoms with Crippen LogP contribution in [-0.4, -0.2) is 16.7 Å². The Bertz CT molecular complexity index is 1030. The SMILES string of the molecule is C[C@@H](NC(=O)c1ccc(NC(=O)c2cccc([N+](=O)[O-])c2)cc1)c1ccccc1. The van der Waals surface area contributed by atoms with Gasteiger partial charge < -0.3 is 10.6 Å². The summed E-state index contributed by atoms with van der Waals surface area (Å²) in [5.41, 5.74) is 1.96. The Balaban J connectivity index is 1.64. The third-order valence-electron chi connectivity index (χ3n) is 4.37. The Hall–Kier alpha value is -4.00. The van der Waals surface area contributed by atoms with Crippen LogP contribution in [0.25, 0.3) is 0 Å². The summed E-state index contributed by atoms with van der Waals surface area (Å²) in [7, 11) is 0. The van der Waals surface area contributed by atoms with Crippen LogP contribution in [0, 0.1) is 10.1 Å². The Kier molecular flexibility index (Phi) is 5.99. The Morgan fingerprint density at radius 2 is 1.55 bits per heavy atom. The van der Waals surface area contributed by atoms with E-state index in [-0.39, 0.29) is 23.2 Å². The first-order valence-corrected chi connectivity index (χ1v) is 8.96. The fourth-order valence-electron chi connectivity index (χ4n) is 2.77. The van der Waals surface area contributed by atoms with Crippen LogP contribution in [0.15, 0.2) is 78.9 Å². The summed E-state index contributed by atoms with van der Waals surface area (Å²) in [6.45, 7) is 1.90. The van der Waals surface area contributed by atoms with Gasteiger partial charge in [0.25, 0.3) is 17.5 Å². The number of hydrogen-bond acceptors (Lipinski definition) is 4. The van der Waals surface area contributed by atoms with Crippen molar-refractivity contribution in [3.05, 3.63) is 106 Å². The molecule has 1 atom stereocenters. The van der Waals surface area contributed by atoms with Gasteiger partial charge in [0, 0.05) is 28.9 Å². The minimum absolute atomic E-state index is 0.142. The third-order valence-corrected chi connectivity index (χ3v) is 4.37. The number of carbonyl (C=O) groups is 2. The summed E-state index contributed by atoms with van der Waals surface area (Å²) in [4.78, 5) is 35.0. The molecule has 0 aliphatic rings. The molecule has 3 aromatic carbocycles. The lowest BCUT2D eigenvalue weighted by molar-refractivity contribution is -0.384. The third kappa shape index (κ3) is 5.04. The second kappa shape index (κ2) is 8.79. The van der Waals surface area contributed by atoms with Gasteiger partial charge in [-0.05, 0) is 42.8 Å². The second-order valence-electron chi connectivity index (χ2n) is 6.44. The average Bonchev–Trinajstić information content (AvgIpc) is 2.74. The molecule has 2 N–H and O–H groups in total. The van der Waals surface area contributed by atoms with E-state index >= 15 is 0 Å². The monoisotopic (exact) mass is 389 g/mol. The predicted octanol–water partition coefficient (Wildman–Crippen LogP) is 4.34. The molecule has 0 saturated carbocycles. The van der Waals surface area contributed by atoms with Crippen LogP contribution in [0.2, 0.25) is 0 Å². The summed E-state index contributed by atoms with van der Waals surface area (Å²) in [5, 5.41) is 16.4. The van der Waals surface area contributed by atoms with E-state index in [9.17, 15) is 19.7 Å². The van der Waals surface area contributed by atoms with Crippen molar-refractivity contribution in [2.45, 2.75) is 13.0 Å². The molecule has 0 aromatic heterocycles. The maximum atomic E-state index is 12.4. The van der Waals surface area contributed by atoms with Gasteiger partial charge in [-0.25, -0.2) is 0 Å². The van der Waals surface area contributed by atoms with Gasteiger partial charge in [0.15, 0.2) is 0 Å². The van der Waals surface area contributed by atoms with Crippen molar-refractivity contribution in [1.29, 1.82) is 0 Å². The second-order valence-corrected chi connectivity index (χ2v) is 6.44. The van der Waals surface area contributed by atoms with Crippen molar-refractivity contribution in [1.82, 2.24) is 5.32 Å². The first-order valence-electron chi connectivity index (χ1n) is 8.96. The number of anilines is 1. The molecule has 0 radical (unpaired) electrons. The van der Waals surface area contributed by atoms with Gasteiger partial charge in [-0.1, -0.05) is 36.4 Å². The van der Waals surface area contributed by atoms with Gasteiger partial charge in [0.1, 0.15) is 0 Å². The molecule has 0 heterocycles. The smallest absolute Gasteiger partial charge is 0.270 e. The topological polar surface area (TPSA) is 101 Å². The van der Waals surface area contributed by atoms with Crippen molar-refractivity contribution in [3.63, 3.8) is 0 Å². The van der Waals surface area contributed by atoms with E-state index in [1.165, 1.54) is 24.3 Å². The number of non-ortho nitro benzene ring substituents is 1. The van der Waals surface area contributed by atoms with Crippen LogP contribution in [0.4, 0.5) is 11.4 Å². The van der Waals surface area contributed by atoms with E-state index < -0.39 is 10.8 Å². The Morgan fingerprint density at radius 3 is 2.21 bits per heavy atom. The van der Waals surface area contributed by atoms with Crippen molar-refractivity contribution >= 4 is 23.2 Å². The highest BCUT2D eigenvalue weighted by molar-refractivity contribution is 6.05. The Labute approximate surface area is 167 Å². The lowest BCUT2D eigenvalue weighted by Crippen LogP contribution is -2.26. The largest absolute Gasteiger partial charge is 0.346 e. The normalized spacial score (nSPS) is 11.3.